The van der Waals surface area contributed by atoms with Crippen LogP contribution >= 0.6 is 22.6 Å². The number of dihydropyridines is 1. The molecule has 5 rings (SSSR count). The van der Waals surface area contributed by atoms with Gasteiger partial charge in [-0.25, -0.2) is 9.59 Å². The zero-order chi connectivity index (χ0) is 28.6. The van der Waals surface area contributed by atoms with E-state index in [1.807, 2.05) is 37.3 Å². The minimum atomic E-state index is -0.994. The lowest BCUT2D eigenvalue weighted by Gasteiger charge is -2.29. The number of Topliss-reactive ketones (excluding diaryl/α,β-unsaturated/α-hetero) is 1. The highest BCUT2D eigenvalue weighted by Gasteiger charge is 2.43. The third-order valence-corrected chi connectivity index (χ3v) is 7.70. The average Bonchev–Trinajstić information content (AvgIpc) is 3.23. The second-order valence-electron chi connectivity index (χ2n) is 9.31. The van der Waals surface area contributed by atoms with E-state index in [1.165, 1.54) is 19.2 Å². The number of carboxylic acids is 1. The molecule has 0 spiro atoms. The van der Waals surface area contributed by atoms with Crippen LogP contribution in [0.1, 0.15) is 57.2 Å². The highest BCUT2D eigenvalue weighted by Crippen LogP contribution is 2.48. The molecule has 0 fully saturated rings. The Bertz CT molecular complexity index is 1600. The van der Waals surface area contributed by atoms with Gasteiger partial charge in [-0.2, -0.15) is 0 Å². The van der Waals surface area contributed by atoms with Crippen molar-refractivity contribution in [2.24, 2.45) is 0 Å². The van der Waals surface area contributed by atoms with Gasteiger partial charge >= 0.3 is 11.9 Å². The molecule has 1 aliphatic heterocycles. The fraction of sp³-hybridized carbons (Fsp3) is 0.194. The molecule has 0 unspecified atom stereocenters. The lowest BCUT2D eigenvalue weighted by Crippen LogP contribution is -2.29. The molecule has 1 atom stereocenters. The normalized spacial score (nSPS) is 15.8. The van der Waals surface area contributed by atoms with E-state index < -0.39 is 17.9 Å². The maximum atomic E-state index is 13.7. The van der Waals surface area contributed by atoms with E-state index in [2.05, 4.69) is 27.9 Å². The number of methoxy groups -OCH3 is 1. The number of ketones is 1. The molecule has 0 aromatic heterocycles. The van der Waals surface area contributed by atoms with Gasteiger partial charge in [0.15, 0.2) is 17.3 Å². The smallest absolute Gasteiger partial charge is 0.336 e. The lowest BCUT2D eigenvalue weighted by molar-refractivity contribution is -0.136. The number of hydrogen-bond acceptors (Lipinski definition) is 7. The van der Waals surface area contributed by atoms with Crippen molar-refractivity contribution < 1.29 is 33.7 Å². The number of fused-ring (bicyclic) bond motifs is 2. The molecule has 1 heterocycles. The number of esters is 1. The van der Waals surface area contributed by atoms with E-state index in [0.717, 1.165) is 14.7 Å². The summed E-state index contributed by atoms with van der Waals surface area (Å²) in [6, 6.07) is 17.5. The van der Waals surface area contributed by atoms with E-state index in [9.17, 15) is 14.4 Å². The Morgan fingerprint density at radius 3 is 2.38 bits per heavy atom. The van der Waals surface area contributed by atoms with Crippen molar-refractivity contribution in [3.05, 3.63) is 109 Å². The number of carbonyl (C=O) groups excluding carboxylic acids is 2. The van der Waals surface area contributed by atoms with Crippen LogP contribution in [-0.4, -0.2) is 36.5 Å². The van der Waals surface area contributed by atoms with Gasteiger partial charge in [-0.3, -0.25) is 4.79 Å². The van der Waals surface area contributed by atoms with E-state index in [-0.39, 0.29) is 18.0 Å². The number of carboxylic acid groups (broad SMARTS) is 1. The molecule has 0 saturated carbocycles. The van der Waals surface area contributed by atoms with Gasteiger partial charge in [0, 0.05) is 28.3 Å². The molecular formula is C31H26INO7. The number of rotatable bonds is 8. The van der Waals surface area contributed by atoms with Crippen LogP contribution in [0.4, 0.5) is 0 Å². The predicted octanol–water partition coefficient (Wildman–Crippen LogP) is 5.71. The second-order valence-corrected chi connectivity index (χ2v) is 10.5. The van der Waals surface area contributed by atoms with E-state index in [1.54, 1.807) is 25.1 Å². The van der Waals surface area contributed by atoms with Crippen molar-refractivity contribution in [3.8, 4) is 11.5 Å². The summed E-state index contributed by atoms with van der Waals surface area (Å²) in [4.78, 5) is 37.9. The molecule has 0 bridgehead atoms. The molecule has 0 radical (unpaired) electrons. The number of benzene rings is 3. The highest BCUT2D eigenvalue weighted by molar-refractivity contribution is 14.1. The lowest BCUT2D eigenvalue weighted by atomic mass is 9.79. The van der Waals surface area contributed by atoms with Gasteiger partial charge in [0.25, 0.3) is 0 Å². The van der Waals surface area contributed by atoms with Gasteiger partial charge < -0.3 is 24.6 Å². The predicted molar refractivity (Wildman–Crippen MR) is 156 cm³/mol. The molecule has 0 amide bonds. The van der Waals surface area contributed by atoms with Crippen molar-refractivity contribution in [3.63, 3.8) is 0 Å². The third-order valence-electron chi connectivity index (χ3n) is 6.90. The first-order valence-electron chi connectivity index (χ1n) is 12.6. The van der Waals surface area contributed by atoms with Gasteiger partial charge in [0.2, 0.25) is 0 Å². The molecule has 2 N–H and O–H groups in total. The largest absolute Gasteiger partial charge is 0.490 e. The molecule has 8 nitrogen and oxygen atoms in total. The molecule has 3 aromatic rings. The van der Waals surface area contributed by atoms with Crippen LogP contribution < -0.4 is 14.8 Å². The number of aromatic carboxylic acids is 1. The molecule has 2 aliphatic rings. The summed E-state index contributed by atoms with van der Waals surface area (Å²) in [7, 11) is 1.32. The molecule has 204 valence electrons. The zero-order valence-electron chi connectivity index (χ0n) is 22.0. The number of halogens is 1. The quantitative estimate of drug-likeness (QED) is 0.236. The molecule has 0 saturated heterocycles. The number of ether oxygens (including phenoxy) is 3. The Morgan fingerprint density at radius 2 is 1.73 bits per heavy atom. The van der Waals surface area contributed by atoms with Crippen LogP contribution in [0.2, 0.25) is 0 Å². The maximum Gasteiger partial charge on any atom is 0.336 e. The summed E-state index contributed by atoms with van der Waals surface area (Å²) in [5.41, 5.74) is 5.20. The minimum absolute atomic E-state index is 0.143. The fourth-order valence-corrected chi connectivity index (χ4v) is 5.88. The van der Waals surface area contributed by atoms with Crippen LogP contribution in [0.25, 0.3) is 5.70 Å². The van der Waals surface area contributed by atoms with Crippen LogP contribution in [0.15, 0.2) is 77.5 Å². The summed E-state index contributed by atoms with van der Waals surface area (Å²) in [6.45, 7) is 4.22. The van der Waals surface area contributed by atoms with Crippen LogP contribution in [0.5, 0.6) is 11.5 Å². The van der Waals surface area contributed by atoms with Gasteiger partial charge in [-0.05, 0) is 71.8 Å². The van der Waals surface area contributed by atoms with Crippen molar-refractivity contribution >= 4 is 46.0 Å². The summed E-state index contributed by atoms with van der Waals surface area (Å²) < 4.78 is 18.0. The van der Waals surface area contributed by atoms with Crippen molar-refractivity contribution in [2.45, 2.75) is 26.4 Å². The van der Waals surface area contributed by atoms with Gasteiger partial charge in [0.05, 0.1) is 34.1 Å². The second kappa shape index (κ2) is 11.2. The van der Waals surface area contributed by atoms with Gasteiger partial charge in [-0.1, -0.05) is 36.4 Å². The van der Waals surface area contributed by atoms with Crippen molar-refractivity contribution in [1.82, 2.24) is 5.32 Å². The van der Waals surface area contributed by atoms with Crippen LogP contribution in [-0.2, 0) is 16.1 Å². The SMILES string of the molecule is CCOc1cc([C@@H]2C(C(=O)OC)=C(C)NC3=C2C(=O)c2ccccc23)cc(I)c1OCc1ccc(C(=O)O)cc1. The Balaban J connectivity index is 1.57. The topological polar surface area (TPSA) is 111 Å². The first kappa shape index (κ1) is 27.4. The Kier molecular flexibility index (Phi) is 7.66. The molecule has 9 heteroatoms. The van der Waals surface area contributed by atoms with Crippen LogP contribution in [0.3, 0.4) is 0 Å². The highest BCUT2D eigenvalue weighted by atomic mass is 127. The third kappa shape index (κ3) is 4.85. The average molecular weight is 651 g/mol. The monoisotopic (exact) mass is 651 g/mol. The Labute approximate surface area is 244 Å². The number of nitrogens with one attached hydrogen (secondary N) is 1. The first-order valence-corrected chi connectivity index (χ1v) is 13.7. The van der Waals surface area contributed by atoms with Crippen molar-refractivity contribution in [2.75, 3.05) is 13.7 Å². The molecule has 3 aromatic carbocycles. The van der Waals surface area contributed by atoms with E-state index >= 15 is 0 Å². The molecule has 1 aliphatic carbocycles. The molecule has 40 heavy (non-hydrogen) atoms. The van der Waals surface area contributed by atoms with E-state index in [4.69, 9.17) is 19.3 Å². The molecular weight excluding hydrogens is 625 g/mol. The minimum Gasteiger partial charge on any atom is -0.490 e. The van der Waals surface area contributed by atoms with Crippen molar-refractivity contribution in [1.29, 1.82) is 0 Å². The standard InChI is InChI=1S/C31H26INO7/c1-4-39-23-14-19(13-22(32)29(23)40-15-17-9-11-18(12-10-17)30(35)36)25-24(31(37)38-3)16(2)33-27-20-7-5-6-8-21(20)28(34)26(25)27/h5-14,25,33H,4,15H2,1-3H3,(H,35,36)/t25-/m1/s1. The summed E-state index contributed by atoms with van der Waals surface area (Å²) in [6.07, 6.45) is 0. The Morgan fingerprint density at radius 1 is 1.02 bits per heavy atom. The first-order chi connectivity index (χ1) is 19.2. The van der Waals surface area contributed by atoms with Gasteiger partial charge in [0.1, 0.15) is 6.61 Å². The van der Waals surface area contributed by atoms with Gasteiger partial charge in [-0.15, -0.1) is 0 Å². The fourth-order valence-electron chi connectivity index (χ4n) is 5.10. The number of allylic oxidation sites excluding steroid dienone is 2. The van der Waals surface area contributed by atoms with E-state index in [0.29, 0.717) is 51.8 Å². The number of carbonyl (C=O) groups is 3. The summed E-state index contributed by atoms with van der Waals surface area (Å²) in [5, 5.41) is 12.4. The summed E-state index contributed by atoms with van der Waals surface area (Å²) in [5.74, 6) is -1.37. The maximum absolute atomic E-state index is 13.7. The van der Waals surface area contributed by atoms with Crippen LogP contribution in [0, 0.1) is 3.57 Å². The summed E-state index contributed by atoms with van der Waals surface area (Å²) >= 11 is 2.16. The zero-order valence-corrected chi connectivity index (χ0v) is 24.2. The Hall–Kier alpha value is -4.12. The number of hydrogen-bond donors (Lipinski definition) is 2.